The number of nitrogens with one attached hydrogen (secondary N) is 3. The third-order valence-electron chi connectivity index (χ3n) is 8.09. The molecule has 2 fully saturated rings. The molecule has 4 amide bonds. The van der Waals surface area contributed by atoms with Gasteiger partial charge in [0.1, 0.15) is 35.9 Å². The zero-order valence-corrected chi connectivity index (χ0v) is 24.9. The fraction of sp³-hybridized carbons (Fsp3) is 0.250. The third-order valence-corrected chi connectivity index (χ3v) is 8.38. The van der Waals surface area contributed by atoms with Crippen LogP contribution in [0.4, 0.5) is 21.6 Å². The van der Waals surface area contributed by atoms with E-state index in [1.807, 2.05) is 6.07 Å². The topological polar surface area (TPSA) is 152 Å². The van der Waals surface area contributed by atoms with Gasteiger partial charge in [0.2, 0.25) is 11.8 Å². The van der Waals surface area contributed by atoms with Crippen LogP contribution in [0.25, 0.3) is 10.9 Å². The molecular formula is C32H26ClFN6O6. The van der Waals surface area contributed by atoms with Crippen LogP contribution in [-0.2, 0) is 20.9 Å². The molecule has 3 aliphatic heterocycles. The molecule has 12 nitrogen and oxygen atoms in total. The SMILES string of the molecule is O=C1CCC(N2C(=O)c3ccc(CNc4cc5c(Nc6ccc(F)c(Cl)c6)ncnc5cc4OC4CCOC4)cc3C2=O)C(=O)N1. The van der Waals surface area contributed by atoms with Gasteiger partial charge in [-0.3, -0.25) is 29.4 Å². The second-order valence-corrected chi connectivity index (χ2v) is 11.5. The van der Waals surface area contributed by atoms with Crippen molar-refractivity contribution >= 4 is 63.3 Å². The molecule has 14 heteroatoms. The molecule has 4 heterocycles. The Balaban J connectivity index is 1.17. The van der Waals surface area contributed by atoms with E-state index in [2.05, 4.69) is 25.9 Å². The number of amides is 4. The zero-order valence-electron chi connectivity index (χ0n) is 24.1. The van der Waals surface area contributed by atoms with E-state index >= 15 is 0 Å². The molecule has 0 bridgehead atoms. The number of piperidine rings is 1. The van der Waals surface area contributed by atoms with Crippen molar-refractivity contribution in [3.8, 4) is 5.75 Å². The average molecular weight is 645 g/mol. The van der Waals surface area contributed by atoms with Crippen LogP contribution in [-0.4, -0.2) is 63.9 Å². The number of fused-ring (bicyclic) bond motifs is 2. The number of nitrogens with zero attached hydrogens (tertiary/aromatic N) is 3. The number of imide groups is 2. The van der Waals surface area contributed by atoms with E-state index in [4.69, 9.17) is 21.1 Å². The largest absolute Gasteiger partial charge is 0.486 e. The van der Waals surface area contributed by atoms with Crippen molar-refractivity contribution in [2.75, 3.05) is 23.8 Å². The Morgan fingerprint density at radius 2 is 1.87 bits per heavy atom. The first kappa shape index (κ1) is 29.6. The predicted octanol–water partition coefficient (Wildman–Crippen LogP) is 4.35. The van der Waals surface area contributed by atoms with Crippen LogP contribution < -0.4 is 20.7 Å². The molecule has 0 radical (unpaired) electrons. The van der Waals surface area contributed by atoms with Crippen LogP contribution in [0.15, 0.2) is 54.9 Å². The van der Waals surface area contributed by atoms with E-state index in [0.717, 1.165) is 11.3 Å². The Hall–Kier alpha value is -5.14. The van der Waals surface area contributed by atoms with Crippen molar-refractivity contribution in [1.82, 2.24) is 20.2 Å². The van der Waals surface area contributed by atoms with Crippen LogP contribution in [0.5, 0.6) is 5.75 Å². The standard InChI is InChI=1S/C32H26ClFN6O6/c33-22-10-17(2-4-23(22)34)38-29-21-11-25(27(12-24(21)36-15-37-29)46-18-7-8-45-14-18)35-13-16-1-3-19-20(9-16)32(44)40(31(19)43)26-5-6-28(41)39-30(26)42/h1-4,9-12,15,18,26,35H,5-8,13-14H2,(H,36,37,38)(H,39,41,42). The van der Waals surface area contributed by atoms with Gasteiger partial charge in [-0.2, -0.15) is 0 Å². The summed E-state index contributed by atoms with van der Waals surface area (Å²) in [5.41, 5.74) is 2.83. The lowest BCUT2D eigenvalue weighted by Crippen LogP contribution is -2.54. The first-order valence-corrected chi connectivity index (χ1v) is 15.0. The fourth-order valence-corrected chi connectivity index (χ4v) is 5.92. The highest BCUT2D eigenvalue weighted by molar-refractivity contribution is 6.31. The van der Waals surface area contributed by atoms with Gasteiger partial charge in [-0.1, -0.05) is 17.7 Å². The summed E-state index contributed by atoms with van der Waals surface area (Å²) in [5.74, 6) is -1.79. The number of rotatable bonds is 8. The predicted molar refractivity (Wildman–Crippen MR) is 165 cm³/mol. The molecule has 0 spiro atoms. The highest BCUT2D eigenvalue weighted by Gasteiger charge is 2.44. The van der Waals surface area contributed by atoms with Gasteiger partial charge in [0.05, 0.1) is 40.6 Å². The van der Waals surface area contributed by atoms with Gasteiger partial charge in [0.25, 0.3) is 11.8 Å². The van der Waals surface area contributed by atoms with Crippen molar-refractivity contribution in [2.24, 2.45) is 0 Å². The maximum atomic E-state index is 13.7. The fourth-order valence-electron chi connectivity index (χ4n) is 5.74. The third kappa shape index (κ3) is 5.59. The molecule has 7 rings (SSSR count). The van der Waals surface area contributed by atoms with Gasteiger partial charge in [0.15, 0.2) is 0 Å². The van der Waals surface area contributed by atoms with Gasteiger partial charge < -0.3 is 20.1 Å². The van der Waals surface area contributed by atoms with E-state index in [1.165, 1.54) is 18.5 Å². The second kappa shape index (κ2) is 12.0. The van der Waals surface area contributed by atoms with Crippen molar-refractivity contribution in [2.45, 2.75) is 38.0 Å². The quantitative estimate of drug-likeness (QED) is 0.236. The van der Waals surface area contributed by atoms with E-state index in [1.54, 1.807) is 30.3 Å². The first-order valence-electron chi connectivity index (χ1n) is 14.6. The lowest BCUT2D eigenvalue weighted by Gasteiger charge is -2.27. The molecule has 2 atom stereocenters. The van der Waals surface area contributed by atoms with Gasteiger partial charge in [-0.15, -0.1) is 0 Å². The molecule has 3 aromatic carbocycles. The molecule has 0 aliphatic carbocycles. The molecule has 0 saturated carbocycles. The van der Waals surface area contributed by atoms with Crippen LogP contribution in [0.2, 0.25) is 5.02 Å². The van der Waals surface area contributed by atoms with Gasteiger partial charge in [0, 0.05) is 36.5 Å². The summed E-state index contributed by atoms with van der Waals surface area (Å²) >= 11 is 5.98. The lowest BCUT2D eigenvalue weighted by molar-refractivity contribution is -0.136. The number of carbonyl (C=O) groups is 4. The van der Waals surface area contributed by atoms with Crippen LogP contribution >= 0.6 is 11.6 Å². The maximum Gasteiger partial charge on any atom is 0.262 e. The van der Waals surface area contributed by atoms with Crippen molar-refractivity contribution in [1.29, 1.82) is 0 Å². The smallest absolute Gasteiger partial charge is 0.262 e. The van der Waals surface area contributed by atoms with Crippen LogP contribution in [0.1, 0.15) is 45.5 Å². The Bertz CT molecular complexity index is 1930. The number of benzene rings is 3. The molecule has 2 saturated heterocycles. The number of hydrogen-bond donors (Lipinski definition) is 3. The number of ether oxygens (including phenoxy) is 2. The monoisotopic (exact) mass is 644 g/mol. The summed E-state index contributed by atoms with van der Waals surface area (Å²) in [6, 6.07) is 11.8. The highest BCUT2D eigenvalue weighted by Crippen LogP contribution is 2.36. The average Bonchev–Trinajstić information content (AvgIpc) is 3.64. The van der Waals surface area contributed by atoms with E-state index in [9.17, 15) is 23.6 Å². The van der Waals surface area contributed by atoms with E-state index < -0.39 is 35.5 Å². The number of halogens is 2. The molecule has 234 valence electrons. The van der Waals surface area contributed by atoms with Crippen molar-refractivity contribution in [3.05, 3.63) is 82.4 Å². The second-order valence-electron chi connectivity index (χ2n) is 11.1. The zero-order chi connectivity index (χ0) is 31.9. The Morgan fingerprint density at radius 1 is 1.02 bits per heavy atom. The summed E-state index contributed by atoms with van der Waals surface area (Å²) in [7, 11) is 0. The summed E-state index contributed by atoms with van der Waals surface area (Å²) in [4.78, 5) is 60.2. The van der Waals surface area contributed by atoms with Crippen LogP contribution in [0, 0.1) is 5.82 Å². The Morgan fingerprint density at radius 3 is 2.65 bits per heavy atom. The molecule has 2 unspecified atom stereocenters. The first-order chi connectivity index (χ1) is 22.2. The minimum absolute atomic E-state index is 0.0325. The number of anilines is 3. The molecule has 4 aromatic rings. The number of carbonyl (C=O) groups excluding carboxylic acids is 4. The van der Waals surface area contributed by atoms with Crippen LogP contribution in [0.3, 0.4) is 0 Å². The summed E-state index contributed by atoms with van der Waals surface area (Å²) in [5, 5.41) is 9.36. The summed E-state index contributed by atoms with van der Waals surface area (Å²) in [6.45, 7) is 1.29. The Labute approximate surface area is 266 Å². The highest BCUT2D eigenvalue weighted by atomic mass is 35.5. The molecular weight excluding hydrogens is 619 g/mol. The Kier molecular flexibility index (Phi) is 7.70. The summed E-state index contributed by atoms with van der Waals surface area (Å²) < 4.78 is 25.5. The molecule has 46 heavy (non-hydrogen) atoms. The maximum absolute atomic E-state index is 13.7. The van der Waals surface area contributed by atoms with Gasteiger partial charge >= 0.3 is 0 Å². The molecule has 3 N–H and O–H groups in total. The van der Waals surface area contributed by atoms with Crippen molar-refractivity contribution < 1.29 is 33.0 Å². The summed E-state index contributed by atoms with van der Waals surface area (Å²) in [6.07, 6.45) is 2.11. The van der Waals surface area contributed by atoms with Gasteiger partial charge in [-0.05, 0) is 48.4 Å². The minimum atomic E-state index is -1.04. The minimum Gasteiger partial charge on any atom is -0.486 e. The van der Waals surface area contributed by atoms with E-state index in [0.29, 0.717) is 52.6 Å². The number of hydrogen-bond acceptors (Lipinski definition) is 10. The molecule has 1 aromatic heterocycles. The van der Waals surface area contributed by atoms with Gasteiger partial charge in [-0.25, -0.2) is 14.4 Å². The lowest BCUT2D eigenvalue weighted by atomic mass is 10.0. The normalized spacial score (nSPS) is 19.4. The number of aromatic nitrogens is 2. The van der Waals surface area contributed by atoms with Crippen molar-refractivity contribution in [3.63, 3.8) is 0 Å². The van der Waals surface area contributed by atoms with E-state index in [-0.39, 0.29) is 41.6 Å². The molecule has 3 aliphatic rings.